The Morgan fingerprint density at radius 1 is 1.15 bits per heavy atom. The molecule has 20 heavy (non-hydrogen) atoms. The van der Waals surface area contributed by atoms with Gasteiger partial charge in [0.05, 0.1) is 10.7 Å². The molecule has 0 bridgehead atoms. The smallest absolute Gasteiger partial charge is 0.412 e. The van der Waals surface area contributed by atoms with Gasteiger partial charge in [0.2, 0.25) is 0 Å². The number of benzene rings is 2. The van der Waals surface area contributed by atoms with Crippen molar-refractivity contribution in [3.05, 3.63) is 63.6 Å². The molecule has 104 valence electrons. The van der Waals surface area contributed by atoms with Crippen LogP contribution in [-0.4, -0.2) is 6.09 Å². The highest BCUT2D eigenvalue weighted by Crippen LogP contribution is 2.28. The summed E-state index contributed by atoms with van der Waals surface area (Å²) in [5, 5.41) is 3.52. The van der Waals surface area contributed by atoms with E-state index in [1.165, 1.54) is 0 Å². The van der Waals surface area contributed by atoms with Crippen LogP contribution in [0.3, 0.4) is 0 Å². The van der Waals surface area contributed by atoms with Gasteiger partial charge in [-0.2, -0.15) is 0 Å². The first-order chi connectivity index (χ1) is 9.56. The van der Waals surface area contributed by atoms with Gasteiger partial charge < -0.3 is 4.74 Å². The van der Waals surface area contributed by atoms with Crippen molar-refractivity contribution < 1.29 is 9.53 Å². The monoisotopic (exact) mass is 309 g/mol. The van der Waals surface area contributed by atoms with Gasteiger partial charge in [-0.3, -0.25) is 5.32 Å². The van der Waals surface area contributed by atoms with Crippen LogP contribution in [0.15, 0.2) is 42.5 Å². The second-order valence-electron chi connectivity index (χ2n) is 4.27. The largest absolute Gasteiger partial charge is 0.444 e. The highest BCUT2D eigenvalue weighted by Gasteiger charge is 2.09. The van der Waals surface area contributed by atoms with Gasteiger partial charge in [0.15, 0.2) is 0 Å². The van der Waals surface area contributed by atoms with Gasteiger partial charge in [-0.25, -0.2) is 4.79 Å². The summed E-state index contributed by atoms with van der Waals surface area (Å²) in [4.78, 5) is 11.7. The molecule has 3 nitrogen and oxygen atoms in total. The molecule has 0 saturated heterocycles. The molecular weight excluding hydrogens is 297 g/mol. The van der Waals surface area contributed by atoms with E-state index in [-0.39, 0.29) is 6.61 Å². The lowest BCUT2D eigenvalue weighted by Gasteiger charge is -2.10. The zero-order chi connectivity index (χ0) is 14.5. The number of anilines is 1. The molecule has 2 aromatic carbocycles. The Kier molecular flexibility index (Phi) is 4.88. The summed E-state index contributed by atoms with van der Waals surface area (Å²) in [6.07, 6.45) is -0.558. The van der Waals surface area contributed by atoms with E-state index in [2.05, 4.69) is 5.32 Å². The van der Waals surface area contributed by atoms with Gasteiger partial charge in [0, 0.05) is 5.02 Å². The fraction of sp³-hybridized carbons (Fsp3) is 0.133. The number of aryl methyl sites for hydroxylation is 1. The lowest BCUT2D eigenvalue weighted by molar-refractivity contribution is 0.155. The van der Waals surface area contributed by atoms with Crippen molar-refractivity contribution in [3.63, 3.8) is 0 Å². The molecule has 5 heteroatoms. The lowest BCUT2D eigenvalue weighted by Crippen LogP contribution is -2.14. The minimum absolute atomic E-state index is 0.205. The van der Waals surface area contributed by atoms with E-state index in [0.717, 1.165) is 11.1 Å². The first-order valence-corrected chi connectivity index (χ1v) is 6.75. The van der Waals surface area contributed by atoms with E-state index in [4.69, 9.17) is 27.9 Å². The molecule has 0 saturated carbocycles. The highest BCUT2D eigenvalue weighted by atomic mass is 35.5. The van der Waals surface area contributed by atoms with Crippen molar-refractivity contribution in [1.82, 2.24) is 0 Å². The van der Waals surface area contributed by atoms with E-state index in [1.54, 1.807) is 12.1 Å². The molecule has 2 rings (SSSR count). The summed E-state index contributed by atoms with van der Waals surface area (Å²) < 4.78 is 5.12. The molecule has 0 fully saturated rings. The number of ether oxygens (including phenoxy) is 1. The molecule has 1 N–H and O–H groups in total. The fourth-order valence-electron chi connectivity index (χ4n) is 1.62. The Bertz CT molecular complexity index is 615. The van der Waals surface area contributed by atoms with Crippen LogP contribution in [0, 0.1) is 6.92 Å². The number of hydrogen-bond acceptors (Lipinski definition) is 2. The van der Waals surface area contributed by atoms with Gasteiger partial charge in [-0.15, -0.1) is 0 Å². The maximum absolute atomic E-state index is 11.7. The third-order valence-corrected chi connectivity index (χ3v) is 3.42. The molecule has 0 atom stereocenters. The van der Waals surface area contributed by atoms with Crippen molar-refractivity contribution >= 4 is 35.0 Å². The van der Waals surface area contributed by atoms with E-state index < -0.39 is 6.09 Å². The minimum Gasteiger partial charge on any atom is -0.444 e. The maximum Gasteiger partial charge on any atom is 0.412 e. The van der Waals surface area contributed by atoms with Crippen molar-refractivity contribution in [2.24, 2.45) is 0 Å². The first-order valence-electron chi connectivity index (χ1n) is 5.99. The van der Waals surface area contributed by atoms with E-state index in [9.17, 15) is 4.79 Å². The van der Waals surface area contributed by atoms with Crippen molar-refractivity contribution in [3.8, 4) is 0 Å². The molecule has 0 spiro atoms. The number of amides is 1. The van der Waals surface area contributed by atoms with Crippen molar-refractivity contribution in [2.75, 3.05) is 5.32 Å². The van der Waals surface area contributed by atoms with Gasteiger partial charge in [0.25, 0.3) is 0 Å². The quantitative estimate of drug-likeness (QED) is 0.861. The van der Waals surface area contributed by atoms with Crippen LogP contribution in [-0.2, 0) is 11.3 Å². The van der Waals surface area contributed by atoms with Gasteiger partial charge in [-0.1, -0.05) is 53.5 Å². The van der Waals surface area contributed by atoms with Gasteiger partial charge >= 0.3 is 6.09 Å². The number of nitrogens with one attached hydrogen (secondary N) is 1. The second-order valence-corrected chi connectivity index (χ2v) is 5.08. The van der Waals surface area contributed by atoms with Crippen molar-refractivity contribution in [1.29, 1.82) is 0 Å². The number of halogens is 2. The summed E-state index contributed by atoms with van der Waals surface area (Å²) in [6, 6.07) is 12.7. The Morgan fingerprint density at radius 2 is 1.85 bits per heavy atom. The van der Waals surface area contributed by atoms with Crippen LogP contribution in [0.4, 0.5) is 10.5 Å². The lowest BCUT2D eigenvalue weighted by atomic mass is 10.2. The average Bonchev–Trinajstić information content (AvgIpc) is 2.44. The SMILES string of the molecule is Cc1cc(NC(=O)OCc2ccccc2)c(Cl)cc1Cl. The predicted molar refractivity (Wildman–Crippen MR) is 81.4 cm³/mol. The minimum atomic E-state index is -0.558. The predicted octanol–water partition coefficient (Wildman–Crippen LogP) is 5.05. The standard InChI is InChI=1S/C15H13Cl2NO2/c1-10-7-14(13(17)8-12(10)16)18-15(19)20-9-11-5-3-2-4-6-11/h2-8H,9H2,1H3,(H,18,19). The summed E-state index contributed by atoms with van der Waals surface area (Å²) in [5.41, 5.74) is 2.22. The Hall–Kier alpha value is -1.71. The zero-order valence-electron chi connectivity index (χ0n) is 10.8. The molecule has 0 heterocycles. The molecule has 1 amide bonds. The van der Waals surface area contributed by atoms with Gasteiger partial charge in [0.1, 0.15) is 6.61 Å². The Morgan fingerprint density at radius 3 is 2.55 bits per heavy atom. The molecule has 0 aliphatic heterocycles. The summed E-state index contributed by atoms with van der Waals surface area (Å²) in [6.45, 7) is 2.04. The zero-order valence-corrected chi connectivity index (χ0v) is 12.3. The van der Waals surface area contributed by atoms with Crippen LogP contribution in [0.2, 0.25) is 10.0 Å². The van der Waals surface area contributed by atoms with Crippen LogP contribution < -0.4 is 5.32 Å². The number of carbonyl (C=O) groups is 1. The molecule has 0 unspecified atom stereocenters. The normalized spacial score (nSPS) is 10.2. The Labute approximate surface area is 127 Å². The summed E-state index contributed by atoms with van der Waals surface area (Å²) in [7, 11) is 0. The summed E-state index contributed by atoms with van der Waals surface area (Å²) >= 11 is 11.9. The maximum atomic E-state index is 11.7. The van der Waals surface area contributed by atoms with Gasteiger partial charge in [-0.05, 0) is 30.2 Å². The Balaban J connectivity index is 1.97. The molecule has 0 aliphatic rings. The fourth-order valence-corrected chi connectivity index (χ4v) is 2.05. The second kappa shape index (κ2) is 6.64. The number of carbonyl (C=O) groups excluding carboxylic acids is 1. The third kappa shape index (κ3) is 3.89. The molecule has 2 aromatic rings. The molecule has 0 aliphatic carbocycles. The van der Waals surface area contributed by atoms with E-state index in [0.29, 0.717) is 15.7 Å². The van der Waals surface area contributed by atoms with Crippen LogP contribution in [0.1, 0.15) is 11.1 Å². The number of rotatable bonds is 3. The summed E-state index contributed by atoms with van der Waals surface area (Å²) in [5.74, 6) is 0. The van der Waals surface area contributed by atoms with E-state index >= 15 is 0 Å². The highest BCUT2D eigenvalue weighted by molar-refractivity contribution is 6.37. The number of hydrogen-bond donors (Lipinski definition) is 1. The average molecular weight is 310 g/mol. The van der Waals surface area contributed by atoms with E-state index in [1.807, 2.05) is 37.3 Å². The van der Waals surface area contributed by atoms with Crippen molar-refractivity contribution in [2.45, 2.75) is 13.5 Å². The first kappa shape index (κ1) is 14.7. The third-order valence-electron chi connectivity index (χ3n) is 2.70. The van der Waals surface area contributed by atoms with Crippen LogP contribution in [0.5, 0.6) is 0 Å². The molecule has 0 radical (unpaired) electrons. The molecule has 0 aromatic heterocycles. The molecular formula is C15H13Cl2NO2. The van der Waals surface area contributed by atoms with Crippen LogP contribution in [0.25, 0.3) is 0 Å². The topological polar surface area (TPSA) is 38.3 Å². The van der Waals surface area contributed by atoms with Crippen LogP contribution >= 0.6 is 23.2 Å².